The van der Waals surface area contributed by atoms with Crippen LogP contribution in [0.4, 0.5) is 0 Å². The van der Waals surface area contributed by atoms with Crippen molar-refractivity contribution in [2.75, 3.05) is 6.54 Å². The molecule has 3 aromatic rings. The molecule has 3 aromatic carbocycles. The van der Waals surface area contributed by atoms with Gasteiger partial charge in [-0.2, -0.15) is 0 Å². The number of hydrogen-bond acceptors (Lipinski definition) is 3. The van der Waals surface area contributed by atoms with Gasteiger partial charge in [-0.3, -0.25) is 14.8 Å². The van der Waals surface area contributed by atoms with Gasteiger partial charge in [0.25, 0.3) is 11.8 Å². The summed E-state index contributed by atoms with van der Waals surface area (Å²) >= 11 is 3.41. The summed E-state index contributed by atoms with van der Waals surface area (Å²) in [7, 11) is 0. The smallest absolute Gasteiger partial charge is 0.274 e. The fourth-order valence-corrected chi connectivity index (χ4v) is 3.08. The van der Waals surface area contributed by atoms with Gasteiger partial charge in [0, 0.05) is 22.1 Å². The number of carbonyl (C=O) groups is 2. The predicted molar refractivity (Wildman–Crippen MR) is 111 cm³/mol. The fourth-order valence-electron chi connectivity index (χ4n) is 2.82. The lowest BCUT2D eigenvalue weighted by molar-refractivity contribution is 0.0706. The van der Waals surface area contributed by atoms with Crippen LogP contribution in [0.3, 0.4) is 0 Å². The van der Waals surface area contributed by atoms with E-state index in [4.69, 9.17) is 5.21 Å². The van der Waals surface area contributed by atoms with Gasteiger partial charge in [-0.05, 0) is 59.5 Å². The average molecular weight is 439 g/mol. The first kappa shape index (κ1) is 19.8. The second-order valence-corrected chi connectivity index (χ2v) is 7.15. The Bertz CT molecular complexity index is 987. The normalized spacial score (nSPS) is 10.4. The van der Waals surface area contributed by atoms with Crippen molar-refractivity contribution in [3.63, 3.8) is 0 Å². The van der Waals surface area contributed by atoms with Gasteiger partial charge in [0.1, 0.15) is 0 Å². The summed E-state index contributed by atoms with van der Waals surface area (Å²) in [6.45, 7) is 0.539. The van der Waals surface area contributed by atoms with Crippen LogP contribution in [-0.4, -0.2) is 23.6 Å². The van der Waals surface area contributed by atoms with Gasteiger partial charge in [0.15, 0.2) is 0 Å². The van der Waals surface area contributed by atoms with E-state index in [0.717, 1.165) is 27.6 Å². The van der Waals surface area contributed by atoms with Gasteiger partial charge >= 0.3 is 0 Å². The summed E-state index contributed by atoms with van der Waals surface area (Å²) in [5.74, 6) is -0.730. The van der Waals surface area contributed by atoms with E-state index in [1.807, 2.05) is 36.4 Å². The third kappa shape index (κ3) is 5.06. The molecule has 3 N–H and O–H groups in total. The Morgan fingerprint density at radius 3 is 1.96 bits per heavy atom. The molecule has 0 heterocycles. The van der Waals surface area contributed by atoms with Gasteiger partial charge in [0.2, 0.25) is 0 Å². The van der Waals surface area contributed by atoms with Crippen molar-refractivity contribution in [2.45, 2.75) is 6.42 Å². The molecule has 0 radical (unpaired) electrons. The molecule has 3 rings (SSSR count). The Morgan fingerprint density at radius 1 is 0.821 bits per heavy atom. The highest BCUT2D eigenvalue weighted by atomic mass is 79.9. The van der Waals surface area contributed by atoms with Crippen LogP contribution in [0.25, 0.3) is 11.1 Å². The maximum atomic E-state index is 12.5. The van der Waals surface area contributed by atoms with Crippen LogP contribution in [0.1, 0.15) is 26.3 Å². The van der Waals surface area contributed by atoms with Crippen molar-refractivity contribution in [3.8, 4) is 11.1 Å². The molecule has 0 atom stereocenters. The molecular weight excluding hydrogens is 420 g/mol. The molecule has 0 aliphatic carbocycles. The second kappa shape index (κ2) is 9.30. The van der Waals surface area contributed by atoms with Crippen molar-refractivity contribution in [1.82, 2.24) is 10.8 Å². The third-order valence-electron chi connectivity index (χ3n) is 4.30. The lowest BCUT2D eigenvalue weighted by Gasteiger charge is -2.08. The van der Waals surface area contributed by atoms with Gasteiger partial charge in [-0.1, -0.05) is 52.3 Å². The molecule has 2 amide bonds. The van der Waals surface area contributed by atoms with Crippen LogP contribution in [0.15, 0.2) is 77.3 Å². The predicted octanol–water partition coefficient (Wildman–Crippen LogP) is 4.21. The Morgan fingerprint density at radius 2 is 1.39 bits per heavy atom. The van der Waals surface area contributed by atoms with Crippen LogP contribution in [0.2, 0.25) is 0 Å². The number of amides is 2. The Balaban J connectivity index is 1.68. The van der Waals surface area contributed by atoms with Crippen LogP contribution in [0, 0.1) is 0 Å². The maximum absolute atomic E-state index is 12.5. The second-order valence-electron chi connectivity index (χ2n) is 6.23. The molecular formula is C22H19BrN2O3. The molecule has 142 valence electrons. The largest absolute Gasteiger partial charge is 0.352 e. The molecule has 5 nitrogen and oxygen atoms in total. The van der Waals surface area contributed by atoms with Gasteiger partial charge in [-0.25, -0.2) is 5.48 Å². The molecule has 0 unspecified atom stereocenters. The van der Waals surface area contributed by atoms with Crippen LogP contribution >= 0.6 is 15.9 Å². The average Bonchev–Trinajstić information content (AvgIpc) is 2.74. The van der Waals surface area contributed by atoms with Crippen LogP contribution < -0.4 is 10.8 Å². The lowest BCUT2D eigenvalue weighted by Crippen LogP contribution is -2.25. The van der Waals surface area contributed by atoms with E-state index >= 15 is 0 Å². The highest BCUT2D eigenvalue weighted by Gasteiger charge is 2.09. The minimum Gasteiger partial charge on any atom is -0.352 e. The number of benzene rings is 3. The molecule has 0 saturated heterocycles. The van der Waals surface area contributed by atoms with E-state index in [1.165, 1.54) is 0 Å². The monoisotopic (exact) mass is 438 g/mol. The van der Waals surface area contributed by atoms with Crippen molar-refractivity contribution >= 4 is 27.7 Å². The zero-order valence-corrected chi connectivity index (χ0v) is 16.6. The summed E-state index contributed by atoms with van der Waals surface area (Å²) in [5, 5.41) is 11.7. The molecule has 0 fully saturated rings. The van der Waals surface area contributed by atoms with E-state index in [1.54, 1.807) is 41.9 Å². The molecule has 0 bridgehead atoms. The van der Waals surface area contributed by atoms with Gasteiger partial charge in [-0.15, -0.1) is 0 Å². The zero-order chi connectivity index (χ0) is 19.9. The lowest BCUT2D eigenvalue weighted by atomic mass is 10.0. The number of rotatable bonds is 6. The van der Waals surface area contributed by atoms with Crippen molar-refractivity contribution in [1.29, 1.82) is 0 Å². The van der Waals surface area contributed by atoms with Gasteiger partial charge < -0.3 is 5.32 Å². The molecule has 0 aliphatic rings. The molecule has 28 heavy (non-hydrogen) atoms. The Hall–Kier alpha value is -2.96. The fraction of sp³-hybridized carbons (Fsp3) is 0.0909. The summed E-state index contributed by atoms with van der Waals surface area (Å²) < 4.78 is 1.03. The number of nitrogens with one attached hydrogen (secondary N) is 2. The molecule has 0 spiro atoms. The van der Waals surface area contributed by atoms with Crippen molar-refractivity contribution in [2.24, 2.45) is 0 Å². The van der Waals surface area contributed by atoms with E-state index < -0.39 is 5.91 Å². The first-order valence-electron chi connectivity index (χ1n) is 8.74. The molecule has 0 aliphatic heterocycles. The summed E-state index contributed by atoms with van der Waals surface area (Å²) in [6.07, 6.45) is 0.747. The SMILES string of the molecule is O=C(NO)c1cccc(-c2cccc(C(=O)NCCc3ccc(Br)cc3)c2)c1. The standard InChI is InChI=1S/C22H19BrN2O3/c23-20-9-7-15(8-10-20)11-12-24-21(26)18-5-1-3-16(13-18)17-4-2-6-19(14-17)22(27)25-28/h1-10,13-14,28H,11-12H2,(H,24,26)(H,25,27). The number of halogens is 1. The van der Waals surface area contributed by atoms with E-state index in [2.05, 4.69) is 21.2 Å². The minimum absolute atomic E-state index is 0.150. The quantitative estimate of drug-likeness (QED) is 0.398. The van der Waals surface area contributed by atoms with E-state index in [0.29, 0.717) is 17.7 Å². The Labute approximate surface area is 171 Å². The van der Waals surface area contributed by atoms with Crippen LogP contribution in [-0.2, 0) is 6.42 Å². The summed E-state index contributed by atoms with van der Waals surface area (Å²) in [6, 6.07) is 22.0. The molecule has 0 saturated carbocycles. The first-order chi connectivity index (χ1) is 13.6. The Kier molecular flexibility index (Phi) is 6.57. The highest BCUT2D eigenvalue weighted by molar-refractivity contribution is 9.10. The van der Waals surface area contributed by atoms with Crippen molar-refractivity contribution < 1.29 is 14.8 Å². The third-order valence-corrected chi connectivity index (χ3v) is 4.83. The summed E-state index contributed by atoms with van der Waals surface area (Å²) in [4.78, 5) is 24.1. The molecule has 6 heteroatoms. The molecule has 0 aromatic heterocycles. The summed E-state index contributed by atoms with van der Waals surface area (Å²) in [5.41, 5.74) is 5.25. The first-order valence-corrected chi connectivity index (χ1v) is 9.54. The topological polar surface area (TPSA) is 78.4 Å². The number of hydroxylamine groups is 1. The van der Waals surface area contributed by atoms with Gasteiger partial charge in [0.05, 0.1) is 0 Å². The minimum atomic E-state index is -0.580. The van der Waals surface area contributed by atoms with Crippen molar-refractivity contribution in [3.05, 3.63) is 94.0 Å². The van der Waals surface area contributed by atoms with Crippen LogP contribution in [0.5, 0.6) is 0 Å². The number of hydrogen-bond donors (Lipinski definition) is 3. The highest BCUT2D eigenvalue weighted by Crippen LogP contribution is 2.22. The van der Waals surface area contributed by atoms with E-state index in [9.17, 15) is 9.59 Å². The van der Waals surface area contributed by atoms with E-state index in [-0.39, 0.29) is 5.91 Å². The maximum Gasteiger partial charge on any atom is 0.274 e. The zero-order valence-electron chi connectivity index (χ0n) is 15.0. The number of carbonyl (C=O) groups excluding carboxylic acids is 2.